The van der Waals surface area contributed by atoms with Gasteiger partial charge in [-0.3, -0.25) is 18.6 Å². The van der Waals surface area contributed by atoms with E-state index in [1.54, 1.807) is 4.57 Å². The van der Waals surface area contributed by atoms with Gasteiger partial charge in [-0.15, -0.1) is 10.2 Å². The first kappa shape index (κ1) is 20.6. The van der Waals surface area contributed by atoms with Gasteiger partial charge in [0.05, 0.1) is 10.9 Å². The number of rotatable bonds is 7. The molecule has 0 atom stereocenters. The van der Waals surface area contributed by atoms with Crippen LogP contribution in [0.15, 0.2) is 89.7 Å². The molecule has 33 heavy (non-hydrogen) atoms. The van der Waals surface area contributed by atoms with Crippen LogP contribution in [0.3, 0.4) is 0 Å². The average Bonchev–Trinajstić information content (AvgIpc) is 3.28. The second-order valence-corrected chi connectivity index (χ2v) is 7.88. The predicted molar refractivity (Wildman–Crippen MR) is 128 cm³/mol. The molecule has 0 saturated carbocycles. The van der Waals surface area contributed by atoms with Crippen molar-refractivity contribution in [3.63, 3.8) is 0 Å². The van der Waals surface area contributed by atoms with E-state index in [0.29, 0.717) is 36.4 Å². The van der Waals surface area contributed by atoms with E-state index in [1.165, 1.54) is 0 Å². The minimum atomic E-state index is -0.0975. The Kier molecular flexibility index (Phi) is 5.68. The molecule has 1 amide bonds. The highest BCUT2D eigenvalue weighted by molar-refractivity contribution is 5.90. The fourth-order valence-electron chi connectivity index (χ4n) is 4.03. The van der Waals surface area contributed by atoms with Crippen molar-refractivity contribution < 1.29 is 4.79 Å². The molecule has 5 rings (SSSR count). The van der Waals surface area contributed by atoms with Crippen molar-refractivity contribution in [1.29, 1.82) is 0 Å². The molecule has 5 aromatic rings. The Bertz CT molecular complexity index is 1470. The summed E-state index contributed by atoms with van der Waals surface area (Å²) in [4.78, 5) is 25.7. The number of anilines is 1. The minimum absolute atomic E-state index is 0.0881. The summed E-state index contributed by atoms with van der Waals surface area (Å²) in [5.74, 6) is 1.05. The average molecular weight is 438 g/mol. The monoisotopic (exact) mass is 437 g/mol. The molecule has 0 unspecified atom stereocenters. The first-order chi connectivity index (χ1) is 16.2. The maximum Gasteiger partial charge on any atom is 0.262 e. The van der Waals surface area contributed by atoms with Crippen LogP contribution in [0.25, 0.3) is 16.7 Å². The van der Waals surface area contributed by atoms with E-state index in [9.17, 15) is 9.59 Å². The Labute approximate surface area is 190 Å². The molecule has 0 aliphatic carbocycles. The fourth-order valence-corrected chi connectivity index (χ4v) is 4.03. The van der Waals surface area contributed by atoms with Gasteiger partial charge in [-0.1, -0.05) is 60.7 Å². The molecule has 7 heteroatoms. The Morgan fingerprint density at radius 1 is 0.818 bits per heavy atom. The molecule has 0 aliphatic heterocycles. The van der Waals surface area contributed by atoms with Gasteiger partial charge in [-0.25, -0.2) is 0 Å². The molecule has 0 aliphatic rings. The largest absolute Gasteiger partial charge is 0.326 e. The van der Waals surface area contributed by atoms with Crippen molar-refractivity contribution in [2.75, 3.05) is 5.32 Å². The van der Waals surface area contributed by atoms with Crippen LogP contribution in [0.4, 0.5) is 5.69 Å². The summed E-state index contributed by atoms with van der Waals surface area (Å²) in [5, 5.41) is 12.2. The molecule has 7 nitrogen and oxygen atoms in total. The number of aromatic nitrogens is 4. The van der Waals surface area contributed by atoms with Gasteiger partial charge in [-0.05, 0) is 36.2 Å². The second-order valence-electron chi connectivity index (χ2n) is 7.88. The Balaban J connectivity index is 1.47. The molecule has 0 spiro atoms. The maximum atomic E-state index is 13.3. The van der Waals surface area contributed by atoms with Crippen LogP contribution in [-0.2, 0) is 24.2 Å². The Hall–Kier alpha value is -4.26. The van der Waals surface area contributed by atoms with E-state index >= 15 is 0 Å². The number of aryl methyl sites for hydroxylation is 3. The molecular formula is C26H23N5O2. The Morgan fingerprint density at radius 3 is 2.30 bits per heavy atom. The maximum absolute atomic E-state index is 13.3. The van der Waals surface area contributed by atoms with Crippen LogP contribution in [0, 0.1) is 0 Å². The molecule has 0 bridgehead atoms. The number of hydrogen-bond donors (Lipinski definition) is 1. The van der Waals surface area contributed by atoms with E-state index in [1.807, 2.05) is 89.3 Å². The predicted octanol–water partition coefficient (Wildman–Crippen LogP) is 3.86. The Morgan fingerprint density at radius 2 is 1.52 bits per heavy atom. The van der Waals surface area contributed by atoms with E-state index in [4.69, 9.17) is 0 Å². The second kappa shape index (κ2) is 9.08. The summed E-state index contributed by atoms with van der Waals surface area (Å²) in [6.07, 6.45) is 1.37. The number of benzene rings is 3. The summed E-state index contributed by atoms with van der Waals surface area (Å²) in [7, 11) is 0. The molecule has 2 heterocycles. The lowest BCUT2D eigenvalue weighted by molar-refractivity contribution is -0.116. The van der Waals surface area contributed by atoms with E-state index < -0.39 is 0 Å². The van der Waals surface area contributed by atoms with Crippen molar-refractivity contribution in [2.24, 2.45) is 0 Å². The molecule has 1 N–H and O–H groups in total. The number of carbonyl (C=O) groups is 1. The van der Waals surface area contributed by atoms with Crippen molar-refractivity contribution in [3.8, 4) is 0 Å². The fraction of sp³-hybridized carbons (Fsp3) is 0.154. The summed E-state index contributed by atoms with van der Waals surface area (Å²) in [5.41, 5.74) is 2.56. The SMILES string of the molecule is O=C(CCc1nnc2n(CCc3ccccc3)c(=O)c3ccccc3n12)Nc1ccccc1. The van der Waals surface area contributed by atoms with Crippen LogP contribution < -0.4 is 10.9 Å². The van der Waals surface area contributed by atoms with Crippen LogP contribution in [0.1, 0.15) is 17.8 Å². The number of fused-ring (bicyclic) bond motifs is 3. The highest BCUT2D eigenvalue weighted by atomic mass is 16.1. The van der Waals surface area contributed by atoms with Crippen molar-refractivity contribution >= 4 is 28.3 Å². The number of hydrogen-bond acceptors (Lipinski definition) is 4. The molecule has 2 aromatic heterocycles. The minimum Gasteiger partial charge on any atom is -0.326 e. The zero-order valence-electron chi connectivity index (χ0n) is 18.0. The standard InChI is InChI=1S/C26H23N5O2/c32-24(27-20-11-5-2-6-12-20)16-15-23-28-29-26-30(18-17-19-9-3-1-4-10-19)25(33)21-13-7-8-14-22(21)31(23)26/h1-14H,15-18H2,(H,27,32). The van der Waals surface area contributed by atoms with Gasteiger partial charge in [-0.2, -0.15) is 0 Å². The summed E-state index contributed by atoms with van der Waals surface area (Å²) >= 11 is 0. The smallest absolute Gasteiger partial charge is 0.262 e. The first-order valence-corrected chi connectivity index (χ1v) is 10.9. The quantitative estimate of drug-likeness (QED) is 0.419. The van der Waals surface area contributed by atoms with Gasteiger partial charge in [0.25, 0.3) is 5.56 Å². The van der Waals surface area contributed by atoms with Crippen molar-refractivity contribution in [1.82, 2.24) is 19.2 Å². The third-order valence-electron chi connectivity index (χ3n) is 5.68. The van der Waals surface area contributed by atoms with E-state index in [-0.39, 0.29) is 17.9 Å². The van der Waals surface area contributed by atoms with Crippen LogP contribution >= 0.6 is 0 Å². The third-order valence-corrected chi connectivity index (χ3v) is 5.68. The number of nitrogens with one attached hydrogen (secondary N) is 1. The number of para-hydroxylation sites is 2. The number of amides is 1. The summed E-state index contributed by atoms with van der Waals surface area (Å²) in [6, 6.07) is 26.9. The zero-order valence-corrected chi connectivity index (χ0v) is 18.0. The van der Waals surface area contributed by atoms with E-state index in [2.05, 4.69) is 15.5 Å². The molecule has 3 aromatic carbocycles. The highest BCUT2D eigenvalue weighted by Crippen LogP contribution is 2.16. The number of carbonyl (C=O) groups excluding carboxylic acids is 1. The van der Waals surface area contributed by atoms with Gasteiger partial charge in [0, 0.05) is 25.1 Å². The number of nitrogens with zero attached hydrogens (tertiary/aromatic N) is 4. The van der Waals surface area contributed by atoms with Gasteiger partial charge in [0.1, 0.15) is 5.82 Å². The molecule has 0 radical (unpaired) electrons. The van der Waals surface area contributed by atoms with Gasteiger partial charge >= 0.3 is 0 Å². The van der Waals surface area contributed by atoms with Crippen molar-refractivity contribution in [3.05, 3.63) is 107 Å². The van der Waals surface area contributed by atoms with Crippen LogP contribution in [-0.4, -0.2) is 25.1 Å². The lowest BCUT2D eigenvalue weighted by atomic mass is 10.1. The van der Waals surface area contributed by atoms with E-state index in [0.717, 1.165) is 16.8 Å². The van der Waals surface area contributed by atoms with Gasteiger partial charge in [0.2, 0.25) is 11.7 Å². The highest BCUT2D eigenvalue weighted by Gasteiger charge is 2.17. The first-order valence-electron chi connectivity index (χ1n) is 10.9. The molecule has 0 fully saturated rings. The van der Waals surface area contributed by atoms with Crippen molar-refractivity contribution in [2.45, 2.75) is 25.8 Å². The summed E-state index contributed by atoms with van der Waals surface area (Å²) < 4.78 is 3.58. The molecule has 0 saturated heterocycles. The summed E-state index contributed by atoms with van der Waals surface area (Å²) in [6.45, 7) is 0.490. The lowest BCUT2D eigenvalue weighted by Crippen LogP contribution is -2.24. The lowest BCUT2D eigenvalue weighted by Gasteiger charge is -2.11. The topological polar surface area (TPSA) is 81.3 Å². The van der Waals surface area contributed by atoms with Crippen LogP contribution in [0.2, 0.25) is 0 Å². The molecule has 164 valence electrons. The van der Waals surface area contributed by atoms with Crippen LogP contribution in [0.5, 0.6) is 0 Å². The normalized spacial score (nSPS) is 11.2. The third kappa shape index (κ3) is 4.25. The molecular weight excluding hydrogens is 414 g/mol. The zero-order chi connectivity index (χ0) is 22.6. The van der Waals surface area contributed by atoms with Gasteiger partial charge in [0.15, 0.2) is 0 Å². The van der Waals surface area contributed by atoms with Gasteiger partial charge < -0.3 is 5.32 Å².